The number of nitrogens with one attached hydrogen (secondary N) is 1. The number of rotatable bonds is 6. The van der Waals surface area contributed by atoms with Crippen LogP contribution in [0.2, 0.25) is 0 Å². The lowest BCUT2D eigenvalue weighted by molar-refractivity contribution is -0.117. The Hall–Kier alpha value is -3.32. The molecule has 1 atom stereocenters. The molecule has 0 fully saturated rings. The number of anilines is 1. The van der Waals surface area contributed by atoms with Gasteiger partial charge in [0.05, 0.1) is 26.8 Å². The fourth-order valence-electron chi connectivity index (χ4n) is 3.99. The molecule has 0 aliphatic carbocycles. The first-order valence-electron chi connectivity index (χ1n) is 9.86. The van der Waals surface area contributed by atoms with Crippen molar-refractivity contribution in [1.82, 2.24) is 10.1 Å². The number of ether oxygens (including phenoxy) is 2. The molecule has 7 heteroatoms. The highest BCUT2D eigenvalue weighted by atomic mass is 16.5. The summed E-state index contributed by atoms with van der Waals surface area (Å²) in [6, 6.07) is 15.9. The molecule has 2 aromatic carbocycles. The maximum absolute atomic E-state index is 12.7. The molecule has 0 saturated carbocycles. The van der Waals surface area contributed by atoms with Gasteiger partial charge in [-0.3, -0.25) is 9.69 Å². The number of carbonyl (C=O) groups excluding carboxylic acids is 1. The molecule has 1 amide bonds. The van der Waals surface area contributed by atoms with E-state index in [-0.39, 0.29) is 18.5 Å². The molecule has 0 spiro atoms. The summed E-state index contributed by atoms with van der Waals surface area (Å²) in [6.45, 7) is 2.77. The average Bonchev–Trinajstić information content (AvgIpc) is 3.17. The first-order chi connectivity index (χ1) is 14.6. The summed E-state index contributed by atoms with van der Waals surface area (Å²) in [5, 5.41) is 6.66. The minimum Gasteiger partial charge on any atom is -0.493 e. The first-order valence-corrected chi connectivity index (χ1v) is 9.86. The van der Waals surface area contributed by atoms with Crippen molar-refractivity contribution in [2.45, 2.75) is 19.4 Å². The normalized spacial score (nSPS) is 16.0. The van der Waals surface area contributed by atoms with Gasteiger partial charge in [0, 0.05) is 12.6 Å². The van der Waals surface area contributed by atoms with Crippen LogP contribution in [0, 0.1) is 6.92 Å². The van der Waals surface area contributed by atoms with Crippen molar-refractivity contribution in [2.24, 2.45) is 0 Å². The van der Waals surface area contributed by atoms with Gasteiger partial charge in [0.15, 0.2) is 17.3 Å². The Balaban J connectivity index is 1.66. The van der Waals surface area contributed by atoms with Crippen molar-refractivity contribution in [2.75, 3.05) is 32.6 Å². The van der Waals surface area contributed by atoms with Crippen LogP contribution in [-0.4, -0.2) is 43.3 Å². The van der Waals surface area contributed by atoms with Gasteiger partial charge in [-0.25, -0.2) is 0 Å². The predicted octanol–water partition coefficient (Wildman–Crippen LogP) is 3.59. The SMILES string of the molecule is COc1cc2c(cc1OC)[C@H](c1ccccc1)N(CC(=O)Nc1cc(C)on1)CC2. The number of amides is 1. The number of nitrogens with zero attached hydrogens (tertiary/aromatic N) is 2. The molecule has 30 heavy (non-hydrogen) atoms. The van der Waals surface area contributed by atoms with Crippen LogP contribution in [0.1, 0.15) is 28.5 Å². The molecule has 1 aliphatic heterocycles. The van der Waals surface area contributed by atoms with Gasteiger partial charge in [0.25, 0.3) is 0 Å². The highest BCUT2D eigenvalue weighted by Crippen LogP contribution is 2.40. The zero-order chi connectivity index (χ0) is 21.1. The van der Waals surface area contributed by atoms with E-state index in [1.54, 1.807) is 27.2 Å². The lowest BCUT2D eigenvalue weighted by Gasteiger charge is -2.37. The molecule has 0 saturated heterocycles. The summed E-state index contributed by atoms with van der Waals surface area (Å²) in [7, 11) is 3.28. The molecule has 1 N–H and O–H groups in total. The zero-order valence-electron chi connectivity index (χ0n) is 17.3. The van der Waals surface area contributed by atoms with E-state index < -0.39 is 0 Å². The molecule has 0 unspecified atom stereocenters. The molecule has 7 nitrogen and oxygen atoms in total. The van der Waals surface area contributed by atoms with Crippen LogP contribution in [0.5, 0.6) is 11.5 Å². The molecule has 1 aromatic heterocycles. The van der Waals surface area contributed by atoms with Gasteiger partial charge in [-0.15, -0.1) is 0 Å². The summed E-state index contributed by atoms with van der Waals surface area (Å²) in [5.41, 5.74) is 3.44. The molecule has 1 aliphatic rings. The van der Waals surface area contributed by atoms with Gasteiger partial charge in [-0.2, -0.15) is 0 Å². The Morgan fingerprint density at radius 1 is 1.17 bits per heavy atom. The van der Waals surface area contributed by atoms with E-state index in [1.165, 1.54) is 5.56 Å². The van der Waals surface area contributed by atoms with Gasteiger partial charge in [-0.05, 0) is 42.2 Å². The maximum atomic E-state index is 12.7. The summed E-state index contributed by atoms with van der Waals surface area (Å²) in [5.74, 6) is 2.35. The van der Waals surface area contributed by atoms with E-state index in [1.807, 2.05) is 30.3 Å². The monoisotopic (exact) mass is 407 g/mol. The van der Waals surface area contributed by atoms with Crippen LogP contribution in [0.3, 0.4) is 0 Å². The van der Waals surface area contributed by atoms with Crippen molar-refractivity contribution in [3.8, 4) is 11.5 Å². The Labute approximate surface area is 175 Å². The zero-order valence-corrected chi connectivity index (χ0v) is 17.3. The number of hydrogen-bond donors (Lipinski definition) is 1. The second-order valence-electron chi connectivity index (χ2n) is 7.31. The number of benzene rings is 2. The van der Waals surface area contributed by atoms with Crippen molar-refractivity contribution in [1.29, 1.82) is 0 Å². The van der Waals surface area contributed by atoms with Gasteiger partial charge >= 0.3 is 0 Å². The molecule has 156 valence electrons. The Kier molecular flexibility index (Phi) is 5.72. The lowest BCUT2D eigenvalue weighted by Crippen LogP contribution is -2.41. The first kappa shape index (κ1) is 20.0. The van der Waals surface area contributed by atoms with Crippen LogP contribution in [-0.2, 0) is 11.2 Å². The summed E-state index contributed by atoms with van der Waals surface area (Å²) < 4.78 is 16.1. The molecule has 3 aromatic rings. The number of hydrogen-bond acceptors (Lipinski definition) is 6. The van der Waals surface area contributed by atoms with E-state index in [4.69, 9.17) is 14.0 Å². The van der Waals surface area contributed by atoms with Crippen molar-refractivity contribution in [3.63, 3.8) is 0 Å². The van der Waals surface area contributed by atoms with Gasteiger partial charge in [0.2, 0.25) is 5.91 Å². The van der Waals surface area contributed by atoms with E-state index in [2.05, 4.69) is 27.5 Å². The Bertz CT molecular complexity index is 1030. The third-order valence-corrected chi connectivity index (χ3v) is 5.33. The average molecular weight is 407 g/mol. The summed E-state index contributed by atoms with van der Waals surface area (Å²) >= 11 is 0. The maximum Gasteiger partial charge on any atom is 0.239 e. The fourth-order valence-corrected chi connectivity index (χ4v) is 3.99. The number of aromatic nitrogens is 1. The quantitative estimate of drug-likeness (QED) is 0.673. The van der Waals surface area contributed by atoms with Crippen molar-refractivity contribution in [3.05, 3.63) is 71.0 Å². The Morgan fingerprint density at radius 3 is 2.57 bits per heavy atom. The molecule has 2 heterocycles. The van der Waals surface area contributed by atoms with Crippen LogP contribution in [0.15, 0.2) is 53.1 Å². The second kappa shape index (κ2) is 8.59. The summed E-state index contributed by atoms with van der Waals surface area (Å²) in [6.07, 6.45) is 0.815. The molecule has 0 bridgehead atoms. The van der Waals surface area contributed by atoms with Gasteiger partial charge in [0.1, 0.15) is 5.76 Å². The predicted molar refractivity (Wildman–Crippen MR) is 113 cm³/mol. The van der Waals surface area contributed by atoms with Crippen LogP contribution in [0.25, 0.3) is 0 Å². The number of methoxy groups -OCH3 is 2. The summed E-state index contributed by atoms with van der Waals surface area (Å²) in [4.78, 5) is 14.9. The minimum absolute atomic E-state index is 0.0699. The minimum atomic E-state index is -0.131. The van der Waals surface area contributed by atoms with Crippen molar-refractivity contribution >= 4 is 11.7 Å². The van der Waals surface area contributed by atoms with Gasteiger partial charge in [-0.1, -0.05) is 35.5 Å². The van der Waals surface area contributed by atoms with Crippen LogP contribution >= 0.6 is 0 Å². The highest BCUT2D eigenvalue weighted by molar-refractivity contribution is 5.91. The highest BCUT2D eigenvalue weighted by Gasteiger charge is 2.31. The third kappa shape index (κ3) is 4.02. The number of fused-ring (bicyclic) bond motifs is 1. The third-order valence-electron chi connectivity index (χ3n) is 5.33. The molecule has 4 rings (SSSR count). The van der Waals surface area contributed by atoms with Gasteiger partial charge < -0.3 is 19.3 Å². The standard InChI is InChI=1S/C23H25N3O4/c1-15-11-21(25-30-15)24-22(27)14-26-10-9-17-12-19(28-2)20(29-3)13-18(17)23(26)16-7-5-4-6-8-16/h4-8,11-13,23H,9-10,14H2,1-3H3,(H,24,25,27)/t23-/m0/s1. The smallest absolute Gasteiger partial charge is 0.239 e. The van der Waals surface area contributed by atoms with Crippen molar-refractivity contribution < 1.29 is 18.8 Å². The Morgan fingerprint density at radius 2 is 1.90 bits per heavy atom. The van der Waals surface area contributed by atoms with E-state index in [0.29, 0.717) is 17.3 Å². The number of carbonyl (C=O) groups is 1. The van der Waals surface area contributed by atoms with E-state index in [9.17, 15) is 4.79 Å². The van der Waals surface area contributed by atoms with Crippen LogP contribution < -0.4 is 14.8 Å². The van der Waals surface area contributed by atoms with E-state index >= 15 is 0 Å². The lowest BCUT2D eigenvalue weighted by atomic mass is 9.87. The number of aryl methyl sites for hydroxylation is 1. The molecular formula is C23H25N3O4. The second-order valence-corrected chi connectivity index (χ2v) is 7.31. The molecule has 0 radical (unpaired) electrons. The topological polar surface area (TPSA) is 76.8 Å². The molecular weight excluding hydrogens is 382 g/mol. The largest absolute Gasteiger partial charge is 0.493 e. The van der Waals surface area contributed by atoms with E-state index in [0.717, 1.165) is 29.8 Å². The fraction of sp³-hybridized carbons (Fsp3) is 0.304. The van der Waals surface area contributed by atoms with Crippen LogP contribution in [0.4, 0.5) is 5.82 Å².